The Kier molecular flexibility index (Phi) is 3.74. The summed E-state index contributed by atoms with van der Waals surface area (Å²) >= 11 is 0. The van der Waals surface area contributed by atoms with Crippen LogP contribution in [0.2, 0.25) is 0 Å². The Morgan fingerprint density at radius 2 is 1.67 bits per heavy atom. The third-order valence-electron chi connectivity index (χ3n) is 1.69. The van der Waals surface area contributed by atoms with E-state index in [0.29, 0.717) is 0 Å². The van der Waals surface area contributed by atoms with Gasteiger partial charge in [0, 0.05) is 24.5 Å². The molecule has 0 N–H and O–H groups in total. The van der Waals surface area contributed by atoms with Crippen molar-refractivity contribution in [2.45, 2.75) is 24.4 Å². The molecule has 0 spiro atoms. The minimum atomic E-state index is -4.36. The van der Waals surface area contributed by atoms with Crippen LogP contribution in [-0.2, 0) is 9.47 Å². The minimum absolute atomic E-state index is 0.255. The first-order valence-electron chi connectivity index (χ1n) is 3.40. The summed E-state index contributed by atoms with van der Waals surface area (Å²) in [4.78, 5) is 0. The number of rotatable bonds is 3. The van der Waals surface area contributed by atoms with Crippen molar-refractivity contribution in [3.8, 4) is 0 Å². The van der Waals surface area contributed by atoms with Gasteiger partial charge in [0.2, 0.25) is 0 Å². The van der Waals surface area contributed by atoms with E-state index in [2.05, 4.69) is 4.74 Å². The lowest BCUT2D eigenvalue weighted by atomic mass is 10.2. The molecule has 0 aliphatic rings. The van der Waals surface area contributed by atoms with Crippen LogP contribution in [0.4, 0.5) is 13.2 Å². The summed E-state index contributed by atoms with van der Waals surface area (Å²) in [5.41, 5.74) is 0. The third kappa shape index (κ3) is 2.76. The van der Waals surface area contributed by atoms with Crippen molar-refractivity contribution in [2.24, 2.45) is 0 Å². The van der Waals surface area contributed by atoms with Crippen LogP contribution in [0.3, 0.4) is 0 Å². The Balaban J connectivity index is 4.56. The van der Waals surface area contributed by atoms with Gasteiger partial charge in [0.05, 0.1) is 5.22 Å². The first kappa shape index (κ1) is 11.9. The van der Waals surface area contributed by atoms with Crippen molar-refractivity contribution < 1.29 is 22.6 Å². The molecule has 0 rings (SSSR count). The Hall–Kier alpha value is -0.0731. The maximum absolute atomic E-state index is 12.2. The molecule has 0 aromatic carbocycles. The molecule has 0 aliphatic heterocycles. The molecule has 0 aromatic heterocycles. The average molecular weight is 202 g/mol. The predicted molar refractivity (Wildman–Crippen MR) is 42.2 cm³/mol. The molecule has 0 radical (unpaired) electrons. The van der Waals surface area contributed by atoms with Gasteiger partial charge in [-0.3, -0.25) is 0 Å². The lowest BCUT2D eigenvalue weighted by Crippen LogP contribution is -2.51. The highest BCUT2D eigenvalue weighted by molar-refractivity contribution is 6.14. The number of ether oxygens (including phenoxy) is 2. The fourth-order valence-corrected chi connectivity index (χ4v) is 1.48. The maximum Gasteiger partial charge on any atom is 0.417 e. The fourth-order valence-electron chi connectivity index (χ4n) is 0.919. The zero-order valence-corrected chi connectivity index (χ0v) is 9.53. The van der Waals surface area contributed by atoms with Crippen LogP contribution in [0.5, 0.6) is 0 Å². The van der Waals surface area contributed by atoms with Crippen LogP contribution in [0.15, 0.2) is 0 Å². The summed E-state index contributed by atoms with van der Waals surface area (Å²) < 4.78 is 45.7. The fraction of sp³-hybridized carbons (Fsp3) is 1.00. The van der Waals surface area contributed by atoms with Crippen LogP contribution in [0.1, 0.15) is 6.92 Å². The van der Waals surface area contributed by atoms with E-state index in [-0.39, 0.29) is 10.2 Å². The van der Waals surface area contributed by atoms with Gasteiger partial charge in [-0.05, 0) is 6.92 Å². The number of hydrogen-bond acceptors (Lipinski definition) is 2. The SMILES string of the molecule is COC(C(F)(F)F)C(C)([SiH3])OC. The number of alkyl halides is 3. The molecule has 0 heterocycles. The zero-order chi connectivity index (χ0) is 9.99. The summed E-state index contributed by atoms with van der Waals surface area (Å²) in [7, 11) is 2.55. The predicted octanol–water partition coefficient (Wildman–Crippen LogP) is 0.292. The molecule has 0 saturated carbocycles. The van der Waals surface area contributed by atoms with Crippen LogP contribution < -0.4 is 0 Å². The lowest BCUT2D eigenvalue weighted by molar-refractivity contribution is -0.248. The first-order valence-corrected chi connectivity index (χ1v) is 4.40. The molecular formula is C6H13F3O2Si. The van der Waals surface area contributed by atoms with Crippen molar-refractivity contribution in [1.29, 1.82) is 0 Å². The molecule has 2 unspecified atom stereocenters. The Morgan fingerprint density at radius 1 is 1.25 bits per heavy atom. The molecule has 0 fully saturated rings. The summed E-state index contributed by atoms with van der Waals surface area (Å²) in [5.74, 6) is 0. The van der Waals surface area contributed by atoms with Crippen molar-refractivity contribution in [2.75, 3.05) is 14.2 Å². The van der Waals surface area contributed by atoms with Crippen molar-refractivity contribution >= 4 is 10.2 Å². The molecule has 2 nitrogen and oxygen atoms in total. The van der Waals surface area contributed by atoms with Crippen molar-refractivity contribution in [1.82, 2.24) is 0 Å². The third-order valence-corrected chi connectivity index (χ3v) is 2.62. The number of halogens is 3. The normalized spacial score (nSPS) is 20.5. The van der Waals surface area contributed by atoms with Gasteiger partial charge in [-0.25, -0.2) is 0 Å². The summed E-state index contributed by atoms with van der Waals surface area (Å²) in [6.45, 7) is 1.39. The van der Waals surface area contributed by atoms with Gasteiger partial charge < -0.3 is 9.47 Å². The first-order chi connectivity index (χ1) is 5.25. The quantitative estimate of drug-likeness (QED) is 0.612. The second-order valence-corrected chi connectivity index (χ2v) is 4.95. The van der Waals surface area contributed by atoms with Crippen LogP contribution in [0, 0.1) is 0 Å². The van der Waals surface area contributed by atoms with E-state index in [1.165, 1.54) is 14.0 Å². The second-order valence-electron chi connectivity index (χ2n) is 2.96. The topological polar surface area (TPSA) is 18.5 Å². The smallest absolute Gasteiger partial charge is 0.380 e. The number of hydrogen-bond donors (Lipinski definition) is 0. The van der Waals surface area contributed by atoms with Gasteiger partial charge in [-0.1, -0.05) is 0 Å². The van der Waals surface area contributed by atoms with E-state index in [4.69, 9.17) is 4.74 Å². The highest BCUT2D eigenvalue weighted by Crippen LogP contribution is 2.30. The van der Waals surface area contributed by atoms with Crippen molar-refractivity contribution in [3.63, 3.8) is 0 Å². The molecular weight excluding hydrogens is 189 g/mol. The molecule has 0 saturated heterocycles. The standard InChI is InChI=1S/C6H13F3O2Si/c1-5(12,11-3)4(10-2)6(7,8)9/h4H,1-3,12H3. The van der Waals surface area contributed by atoms with E-state index in [0.717, 1.165) is 7.11 Å². The highest BCUT2D eigenvalue weighted by Gasteiger charge is 2.49. The minimum Gasteiger partial charge on any atom is -0.380 e. The monoisotopic (exact) mass is 202 g/mol. The molecule has 0 aromatic rings. The van der Waals surface area contributed by atoms with E-state index < -0.39 is 17.5 Å². The van der Waals surface area contributed by atoms with Gasteiger partial charge >= 0.3 is 6.18 Å². The van der Waals surface area contributed by atoms with E-state index in [1.54, 1.807) is 0 Å². The summed E-state index contributed by atoms with van der Waals surface area (Å²) in [6, 6.07) is 0. The van der Waals surface area contributed by atoms with E-state index >= 15 is 0 Å². The molecule has 12 heavy (non-hydrogen) atoms. The molecule has 0 bridgehead atoms. The van der Waals surface area contributed by atoms with Gasteiger partial charge in [0.15, 0.2) is 6.10 Å². The summed E-state index contributed by atoms with van der Waals surface area (Å²) in [5, 5.41) is -1.22. The Morgan fingerprint density at radius 3 is 1.75 bits per heavy atom. The van der Waals surface area contributed by atoms with Crippen molar-refractivity contribution in [3.05, 3.63) is 0 Å². The summed E-state index contributed by atoms with van der Waals surface area (Å²) in [6.07, 6.45) is -6.19. The lowest BCUT2D eigenvalue weighted by Gasteiger charge is -2.33. The molecule has 2 atom stereocenters. The average Bonchev–Trinajstić information content (AvgIpc) is 1.85. The molecule has 74 valence electrons. The van der Waals surface area contributed by atoms with Crippen LogP contribution in [0.25, 0.3) is 0 Å². The van der Waals surface area contributed by atoms with E-state index in [9.17, 15) is 13.2 Å². The van der Waals surface area contributed by atoms with Crippen LogP contribution in [-0.4, -0.2) is 42.0 Å². The maximum atomic E-state index is 12.2. The molecule has 0 aliphatic carbocycles. The second kappa shape index (κ2) is 3.76. The number of methoxy groups -OCH3 is 2. The molecule has 0 amide bonds. The highest BCUT2D eigenvalue weighted by atomic mass is 28.1. The Labute approximate surface area is 72.5 Å². The van der Waals surface area contributed by atoms with Crippen LogP contribution >= 0.6 is 0 Å². The van der Waals surface area contributed by atoms with E-state index in [1.807, 2.05) is 0 Å². The van der Waals surface area contributed by atoms with Gasteiger partial charge in [-0.2, -0.15) is 13.2 Å². The van der Waals surface area contributed by atoms with Gasteiger partial charge in [-0.15, -0.1) is 0 Å². The van der Waals surface area contributed by atoms with Gasteiger partial charge in [0.25, 0.3) is 0 Å². The zero-order valence-electron chi connectivity index (χ0n) is 7.53. The van der Waals surface area contributed by atoms with Gasteiger partial charge in [0.1, 0.15) is 0 Å². The Bertz CT molecular complexity index is 146. The molecule has 6 heteroatoms. The largest absolute Gasteiger partial charge is 0.417 e.